The highest BCUT2D eigenvalue weighted by atomic mass is 16.3. The number of fused-ring (bicyclic) bond motifs is 8. The minimum Gasteiger partial charge on any atom is -0.456 e. The average Bonchev–Trinajstić information content (AvgIpc) is 3.86. The lowest BCUT2D eigenvalue weighted by Crippen LogP contribution is -2.33. The fourth-order valence-electron chi connectivity index (χ4n) is 8.70. The maximum atomic E-state index is 6.61. The third-order valence-electron chi connectivity index (χ3n) is 11.5. The van der Waals surface area contributed by atoms with Crippen molar-refractivity contribution in [1.82, 2.24) is 5.32 Å². The van der Waals surface area contributed by atoms with Gasteiger partial charge in [-0.3, -0.25) is 0 Å². The van der Waals surface area contributed by atoms with Gasteiger partial charge in [0.1, 0.15) is 28.2 Å². The Hall–Kier alpha value is -7.76. The van der Waals surface area contributed by atoms with E-state index in [0.717, 1.165) is 94.0 Å². The molecule has 0 bridgehead atoms. The van der Waals surface area contributed by atoms with E-state index in [0.29, 0.717) is 5.84 Å². The van der Waals surface area contributed by atoms with E-state index in [1.165, 1.54) is 16.2 Å². The summed E-state index contributed by atoms with van der Waals surface area (Å²) < 4.78 is 13.1. The van der Waals surface area contributed by atoms with Crippen molar-refractivity contribution in [2.75, 3.05) is 0 Å². The number of aliphatic imine (C=N–C) groups is 2. The van der Waals surface area contributed by atoms with Gasteiger partial charge in [0.15, 0.2) is 12.0 Å². The smallest absolute Gasteiger partial charge is 0.159 e. The minimum atomic E-state index is -0.424. The van der Waals surface area contributed by atoms with Crippen molar-refractivity contribution >= 4 is 77.1 Å². The predicted octanol–water partition coefficient (Wildman–Crippen LogP) is 13.6. The molecule has 0 fully saturated rings. The minimum absolute atomic E-state index is 0.424. The maximum absolute atomic E-state index is 6.61. The van der Waals surface area contributed by atoms with Crippen molar-refractivity contribution in [2.24, 2.45) is 9.98 Å². The third-order valence-corrected chi connectivity index (χ3v) is 11.5. The van der Waals surface area contributed by atoms with E-state index in [2.05, 4.69) is 157 Å². The Labute approximate surface area is 333 Å². The van der Waals surface area contributed by atoms with Crippen LogP contribution in [-0.2, 0) is 0 Å². The molecule has 0 amide bonds. The Balaban J connectivity index is 1.02. The van der Waals surface area contributed by atoms with E-state index < -0.39 is 6.17 Å². The number of para-hydroxylation sites is 2. The van der Waals surface area contributed by atoms with Gasteiger partial charge in [0.05, 0.1) is 0 Å². The van der Waals surface area contributed by atoms with Crippen LogP contribution in [-0.4, -0.2) is 11.7 Å². The molecule has 12 rings (SSSR count). The lowest BCUT2D eigenvalue weighted by atomic mass is 9.89. The van der Waals surface area contributed by atoms with Crippen molar-refractivity contribution in [2.45, 2.75) is 6.17 Å². The van der Waals surface area contributed by atoms with Crippen LogP contribution >= 0.6 is 0 Å². The number of nitrogens with zero attached hydrogens (tertiary/aromatic N) is 2. The second-order valence-electron chi connectivity index (χ2n) is 14.9. The lowest BCUT2D eigenvalue weighted by molar-refractivity contribution is 0.628. The molecule has 1 unspecified atom stereocenters. The largest absolute Gasteiger partial charge is 0.456 e. The lowest BCUT2D eigenvalue weighted by Gasteiger charge is -2.24. The molecular weight excluding hydrogens is 711 g/mol. The summed E-state index contributed by atoms with van der Waals surface area (Å²) in [5, 5.41) is 12.8. The van der Waals surface area contributed by atoms with E-state index in [4.69, 9.17) is 18.8 Å². The van der Waals surface area contributed by atoms with Gasteiger partial charge in [0.2, 0.25) is 0 Å². The van der Waals surface area contributed by atoms with Crippen molar-refractivity contribution in [1.29, 1.82) is 0 Å². The van der Waals surface area contributed by atoms with Gasteiger partial charge in [0, 0.05) is 43.8 Å². The van der Waals surface area contributed by atoms with Crippen molar-refractivity contribution in [3.63, 3.8) is 0 Å². The Morgan fingerprint density at radius 2 is 1.12 bits per heavy atom. The molecule has 5 heteroatoms. The van der Waals surface area contributed by atoms with Gasteiger partial charge in [-0.2, -0.15) is 0 Å². The number of rotatable bonds is 5. The Kier molecular flexibility index (Phi) is 7.23. The third kappa shape index (κ3) is 5.25. The quantitative estimate of drug-likeness (QED) is 0.191. The first-order chi connectivity index (χ1) is 28.7. The predicted molar refractivity (Wildman–Crippen MR) is 239 cm³/mol. The molecule has 0 saturated heterocycles. The second kappa shape index (κ2) is 12.9. The summed E-state index contributed by atoms with van der Waals surface area (Å²) in [5.74, 6) is 1.41. The van der Waals surface area contributed by atoms with Gasteiger partial charge in [-0.1, -0.05) is 158 Å². The topological polar surface area (TPSA) is 63.0 Å². The van der Waals surface area contributed by atoms with E-state index in [1.807, 2.05) is 36.4 Å². The highest BCUT2D eigenvalue weighted by Crippen LogP contribution is 2.44. The van der Waals surface area contributed by atoms with Crippen LogP contribution in [0.2, 0.25) is 0 Å². The van der Waals surface area contributed by atoms with Crippen LogP contribution in [0.5, 0.6) is 0 Å². The van der Waals surface area contributed by atoms with Crippen molar-refractivity contribution in [3.8, 4) is 22.3 Å². The normalized spacial score (nSPS) is 14.4. The molecule has 1 aliphatic rings. The van der Waals surface area contributed by atoms with Crippen molar-refractivity contribution < 1.29 is 8.83 Å². The molecule has 1 atom stereocenters. The zero-order valence-electron chi connectivity index (χ0n) is 31.2. The molecule has 0 radical (unpaired) electrons. The van der Waals surface area contributed by atoms with Crippen LogP contribution < -0.4 is 5.32 Å². The summed E-state index contributed by atoms with van der Waals surface area (Å²) in [7, 11) is 0. The molecule has 5 nitrogen and oxygen atoms in total. The van der Waals surface area contributed by atoms with Gasteiger partial charge in [-0.15, -0.1) is 0 Å². The zero-order chi connectivity index (χ0) is 38.2. The van der Waals surface area contributed by atoms with Crippen LogP contribution in [0.15, 0.2) is 207 Å². The highest BCUT2D eigenvalue weighted by Gasteiger charge is 2.25. The van der Waals surface area contributed by atoms with Gasteiger partial charge in [-0.25, -0.2) is 9.98 Å². The van der Waals surface area contributed by atoms with Gasteiger partial charge < -0.3 is 14.2 Å². The summed E-state index contributed by atoms with van der Waals surface area (Å²) in [6, 6.07) is 65.9. The molecular formula is C53H33N3O2. The van der Waals surface area contributed by atoms with Crippen LogP contribution in [0.4, 0.5) is 0 Å². The summed E-state index contributed by atoms with van der Waals surface area (Å²) in [5.41, 5.74) is 10.8. The molecule has 3 heterocycles. The zero-order valence-corrected chi connectivity index (χ0v) is 31.2. The fourth-order valence-corrected chi connectivity index (χ4v) is 8.70. The van der Waals surface area contributed by atoms with Gasteiger partial charge in [0.25, 0.3) is 0 Å². The first kappa shape index (κ1) is 32.5. The number of furan rings is 2. The first-order valence-electron chi connectivity index (χ1n) is 19.6. The van der Waals surface area contributed by atoms with E-state index in [9.17, 15) is 0 Å². The van der Waals surface area contributed by atoms with E-state index in [1.54, 1.807) is 0 Å². The van der Waals surface area contributed by atoms with E-state index >= 15 is 0 Å². The standard InChI is InChI=1S/C53H33N3O2/c1-2-12-34(13-3-1)51-54-52(56-53(55-51)43-19-10-18-42-41-17-8-9-20-45(41)58-50(42)43)35-24-22-33(23-25-35)48-40(39-26-21-32-11-4-5-14-36(32)29-39)27-28-46-49(48)44-30-37-15-6-7-16-38(37)31-47(44)57-46/h1-31,53H,(H,54,55,56). The SMILES string of the molecule is c1ccc(C2=NC(c3cccc4c3oc3ccccc34)NC(c3ccc(-c4c(-c5ccc6ccccc6c5)ccc5oc6cc7ccccc7cc6c45)cc3)=N2)cc1. The summed E-state index contributed by atoms with van der Waals surface area (Å²) >= 11 is 0. The van der Waals surface area contributed by atoms with Gasteiger partial charge >= 0.3 is 0 Å². The number of hydrogen-bond acceptors (Lipinski definition) is 5. The molecule has 0 aliphatic carbocycles. The molecule has 58 heavy (non-hydrogen) atoms. The molecule has 2 aromatic heterocycles. The number of benzene rings is 9. The average molecular weight is 744 g/mol. The summed E-state index contributed by atoms with van der Waals surface area (Å²) in [6.07, 6.45) is -0.424. The summed E-state index contributed by atoms with van der Waals surface area (Å²) in [4.78, 5) is 10.3. The molecule has 11 aromatic rings. The van der Waals surface area contributed by atoms with Crippen LogP contribution in [0.1, 0.15) is 22.9 Å². The molecule has 0 saturated carbocycles. The molecule has 1 N–H and O–H groups in total. The van der Waals surface area contributed by atoms with Crippen LogP contribution in [0.25, 0.3) is 87.7 Å². The van der Waals surface area contributed by atoms with Crippen LogP contribution in [0.3, 0.4) is 0 Å². The monoisotopic (exact) mass is 743 g/mol. The molecule has 0 spiro atoms. The maximum Gasteiger partial charge on any atom is 0.159 e. The van der Waals surface area contributed by atoms with Gasteiger partial charge in [-0.05, 0) is 68.6 Å². The fraction of sp³-hybridized carbons (Fsp3) is 0.0189. The number of nitrogens with one attached hydrogen (secondary N) is 1. The van der Waals surface area contributed by atoms with Crippen LogP contribution in [0, 0.1) is 0 Å². The Morgan fingerprint density at radius 3 is 1.97 bits per heavy atom. The van der Waals surface area contributed by atoms with E-state index in [-0.39, 0.29) is 0 Å². The van der Waals surface area contributed by atoms with Crippen molar-refractivity contribution in [3.05, 3.63) is 205 Å². The Bertz CT molecular complexity index is 3480. The molecule has 272 valence electrons. The number of amidine groups is 2. The first-order valence-corrected chi connectivity index (χ1v) is 19.6. The number of hydrogen-bond donors (Lipinski definition) is 1. The highest BCUT2D eigenvalue weighted by molar-refractivity contribution is 6.19. The molecule has 9 aromatic carbocycles. The Morgan fingerprint density at radius 1 is 0.431 bits per heavy atom. The second-order valence-corrected chi connectivity index (χ2v) is 14.9. The summed E-state index contributed by atoms with van der Waals surface area (Å²) in [6.45, 7) is 0. The molecule has 1 aliphatic heterocycles.